The Labute approximate surface area is 199 Å². The normalized spacial score (nSPS) is 18.3. The van der Waals surface area contributed by atoms with Crippen molar-refractivity contribution in [3.8, 4) is 5.88 Å². The van der Waals surface area contributed by atoms with Crippen LogP contribution in [-0.4, -0.2) is 70.4 Å². The molecular formula is C25H31N5O4. The van der Waals surface area contributed by atoms with Crippen molar-refractivity contribution in [1.82, 2.24) is 19.8 Å². The molecule has 2 aromatic rings. The highest BCUT2D eigenvalue weighted by Crippen LogP contribution is 2.31. The molecule has 2 fully saturated rings. The minimum absolute atomic E-state index is 0.127. The molecular weight excluding hydrogens is 434 g/mol. The zero-order valence-corrected chi connectivity index (χ0v) is 20.0. The Morgan fingerprint density at radius 1 is 0.971 bits per heavy atom. The van der Waals surface area contributed by atoms with Gasteiger partial charge in [-0.15, -0.1) is 0 Å². The molecule has 2 aliphatic rings. The molecule has 0 aromatic carbocycles. The number of aryl methyl sites for hydroxylation is 1. The molecule has 9 heteroatoms. The van der Waals surface area contributed by atoms with E-state index in [4.69, 9.17) is 4.74 Å². The highest BCUT2D eigenvalue weighted by Gasteiger charge is 2.37. The van der Waals surface area contributed by atoms with E-state index in [-0.39, 0.29) is 23.1 Å². The summed E-state index contributed by atoms with van der Waals surface area (Å²) >= 11 is 0. The van der Waals surface area contributed by atoms with E-state index in [1.165, 1.54) is 4.90 Å². The lowest BCUT2D eigenvalue weighted by atomic mass is 9.81. The first-order valence-corrected chi connectivity index (χ1v) is 11.6. The van der Waals surface area contributed by atoms with Crippen LogP contribution in [0.15, 0.2) is 36.7 Å². The van der Waals surface area contributed by atoms with Crippen LogP contribution in [0, 0.1) is 12.3 Å². The molecule has 4 rings (SSSR count). The second-order valence-electron chi connectivity index (χ2n) is 9.75. The van der Waals surface area contributed by atoms with Gasteiger partial charge < -0.3 is 14.5 Å². The summed E-state index contributed by atoms with van der Waals surface area (Å²) in [5.41, 5.74) is 1.70. The van der Waals surface area contributed by atoms with Crippen LogP contribution < -0.4 is 9.64 Å². The monoisotopic (exact) mass is 465 g/mol. The fraction of sp³-hybridized carbons (Fsp3) is 0.480. The largest absolute Gasteiger partial charge is 0.416 e. The number of anilines is 1. The van der Waals surface area contributed by atoms with E-state index in [0.717, 1.165) is 16.9 Å². The van der Waals surface area contributed by atoms with Gasteiger partial charge >= 0.3 is 6.09 Å². The van der Waals surface area contributed by atoms with Gasteiger partial charge in [0, 0.05) is 64.0 Å². The van der Waals surface area contributed by atoms with Gasteiger partial charge in [0.1, 0.15) is 5.82 Å². The van der Waals surface area contributed by atoms with Gasteiger partial charge in [0.2, 0.25) is 17.7 Å². The molecule has 180 valence electrons. The molecule has 2 aliphatic heterocycles. The predicted octanol–water partition coefficient (Wildman–Crippen LogP) is 2.82. The van der Waals surface area contributed by atoms with Crippen LogP contribution in [0.25, 0.3) is 0 Å². The van der Waals surface area contributed by atoms with Crippen LogP contribution in [0.4, 0.5) is 10.6 Å². The van der Waals surface area contributed by atoms with E-state index < -0.39 is 6.09 Å². The Hall–Kier alpha value is -3.49. The average Bonchev–Trinajstić information content (AvgIpc) is 2.79. The maximum atomic E-state index is 12.5. The standard InChI is InChI=1S/C25H31N5O4/c1-18-4-6-20(26-16-18)28-10-12-29(13-11-28)24(33)34-21-7-5-19(17-27-21)8-9-30-22(31)14-25(2,3)15-23(30)32/h4-7,16-17H,8-15H2,1-3H3. The first kappa shape index (κ1) is 23.7. The first-order chi connectivity index (χ1) is 16.2. The summed E-state index contributed by atoms with van der Waals surface area (Å²) in [4.78, 5) is 51.0. The van der Waals surface area contributed by atoms with Crippen molar-refractivity contribution >= 4 is 23.7 Å². The molecule has 2 aromatic heterocycles. The highest BCUT2D eigenvalue weighted by atomic mass is 16.6. The van der Waals surface area contributed by atoms with Crippen LogP contribution in [0.2, 0.25) is 0 Å². The van der Waals surface area contributed by atoms with Crippen LogP contribution in [0.1, 0.15) is 37.8 Å². The Morgan fingerprint density at radius 3 is 2.26 bits per heavy atom. The molecule has 0 spiro atoms. The molecule has 2 saturated heterocycles. The third-order valence-electron chi connectivity index (χ3n) is 6.23. The smallest absolute Gasteiger partial charge is 0.391 e. The van der Waals surface area contributed by atoms with Gasteiger partial charge in [0.25, 0.3) is 0 Å². The molecule has 0 N–H and O–H groups in total. The van der Waals surface area contributed by atoms with E-state index in [1.807, 2.05) is 39.1 Å². The summed E-state index contributed by atoms with van der Waals surface area (Å²) in [7, 11) is 0. The van der Waals surface area contributed by atoms with Gasteiger partial charge in [-0.1, -0.05) is 26.0 Å². The maximum absolute atomic E-state index is 12.5. The number of amides is 3. The third kappa shape index (κ3) is 5.70. The van der Waals surface area contributed by atoms with Crippen molar-refractivity contribution in [2.24, 2.45) is 5.41 Å². The molecule has 0 unspecified atom stereocenters. The van der Waals surface area contributed by atoms with E-state index in [9.17, 15) is 14.4 Å². The summed E-state index contributed by atoms with van der Waals surface area (Å²) in [5.74, 6) is 0.881. The third-order valence-corrected chi connectivity index (χ3v) is 6.23. The van der Waals surface area contributed by atoms with E-state index in [1.54, 1.807) is 23.2 Å². The minimum atomic E-state index is -0.427. The van der Waals surface area contributed by atoms with E-state index in [2.05, 4.69) is 14.9 Å². The van der Waals surface area contributed by atoms with E-state index >= 15 is 0 Å². The summed E-state index contributed by atoms with van der Waals surface area (Å²) in [6.07, 6.45) is 4.29. The number of carbonyl (C=O) groups is 3. The lowest BCUT2D eigenvalue weighted by Gasteiger charge is -2.34. The van der Waals surface area contributed by atoms with Gasteiger partial charge in [-0.05, 0) is 36.0 Å². The lowest BCUT2D eigenvalue weighted by molar-refractivity contribution is -0.152. The number of hydrogen-bond acceptors (Lipinski definition) is 7. The van der Waals surface area contributed by atoms with Crippen LogP contribution >= 0.6 is 0 Å². The summed E-state index contributed by atoms with van der Waals surface area (Å²) in [6.45, 7) is 8.65. The lowest BCUT2D eigenvalue weighted by Crippen LogP contribution is -2.49. The van der Waals surface area contributed by atoms with Crippen LogP contribution in [0.5, 0.6) is 5.88 Å². The maximum Gasteiger partial charge on any atom is 0.416 e. The highest BCUT2D eigenvalue weighted by molar-refractivity contribution is 5.98. The Kier molecular flexibility index (Phi) is 6.81. The molecule has 0 radical (unpaired) electrons. The Balaban J connectivity index is 1.24. The molecule has 3 amide bonds. The van der Waals surface area contributed by atoms with Gasteiger partial charge in [-0.3, -0.25) is 14.5 Å². The van der Waals surface area contributed by atoms with Crippen molar-refractivity contribution in [2.75, 3.05) is 37.6 Å². The average molecular weight is 466 g/mol. The Bertz CT molecular complexity index is 1020. The van der Waals surface area contributed by atoms with Crippen molar-refractivity contribution in [1.29, 1.82) is 0 Å². The van der Waals surface area contributed by atoms with Crippen LogP contribution in [0.3, 0.4) is 0 Å². The van der Waals surface area contributed by atoms with Crippen molar-refractivity contribution in [3.63, 3.8) is 0 Å². The van der Waals surface area contributed by atoms with Gasteiger partial charge in [0.05, 0.1) is 0 Å². The van der Waals surface area contributed by atoms with Gasteiger partial charge in [0.15, 0.2) is 0 Å². The van der Waals surface area contributed by atoms with Gasteiger partial charge in [-0.25, -0.2) is 14.8 Å². The van der Waals surface area contributed by atoms with Crippen molar-refractivity contribution in [3.05, 3.63) is 47.8 Å². The molecule has 0 bridgehead atoms. The minimum Gasteiger partial charge on any atom is -0.391 e. The SMILES string of the molecule is Cc1ccc(N2CCN(C(=O)Oc3ccc(CCN4C(=O)CC(C)(C)CC4=O)cn3)CC2)nc1. The van der Waals surface area contributed by atoms with Crippen molar-refractivity contribution in [2.45, 2.75) is 40.0 Å². The number of piperazine rings is 1. The Morgan fingerprint density at radius 2 is 1.68 bits per heavy atom. The second kappa shape index (κ2) is 9.79. The number of aromatic nitrogens is 2. The fourth-order valence-electron chi connectivity index (χ4n) is 4.24. The summed E-state index contributed by atoms with van der Waals surface area (Å²) in [6, 6.07) is 7.47. The molecule has 4 heterocycles. The zero-order chi connectivity index (χ0) is 24.3. The second-order valence-corrected chi connectivity index (χ2v) is 9.75. The number of rotatable bonds is 5. The van der Waals surface area contributed by atoms with Crippen LogP contribution in [-0.2, 0) is 16.0 Å². The summed E-state index contributed by atoms with van der Waals surface area (Å²) in [5, 5.41) is 0. The molecule has 0 aliphatic carbocycles. The number of hydrogen-bond donors (Lipinski definition) is 0. The van der Waals surface area contributed by atoms with Crippen molar-refractivity contribution < 1.29 is 19.1 Å². The topological polar surface area (TPSA) is 95.9 Å². The zero-order valence-electron chi connectivity index (χ0n) is 20.0. The summed E-state index contributed by atoms with van der Waals surface area (Å²) < 4.78 is 5.44. The molecule has 0 saturated carbocycles. The molecule has 0 atom stereocenters. The number of carbonyl (C=O) groups excluding carboxylic acids is 3. The number of ether oxygens (including phenoxy) is 1. The number of imide groups is 1. The molecule has 9 nitrogen and oxygen atoms in total. The van der Waals surface area contributed by atoms with E-state index in [0.29, 0.717) is 52.0 Å². The number of piperidine rings is 1. The first-order valence-electron chi connectivity index (χ1n) is 11.6. The number of likely N-dealkylation sites (tertiary alicyclic amines) is 1. The quantitative estimate of drug-likeness (QED) is 0.627. The number of pyridine rings is 2. The van der Waals surface area contributed by atoms with Gasteiger partial charge in [-0.2, -0.15) is 0 Å². The number of nitrogens with zero attached hydrogens (tertiary/aromatic N) is 5. The fourth-order valence-corrected chi connectivity index (χ4v) is 4.24. The predicted molar refractivity (Wildman–Crippen MR) is 126 cm³/mol. The molecule has 34 heavy (non-hydrogen) atoms.